The van der Waals surface area contributed by atoms with Gasteiger partial charge in [0.1, 0.15) is 0 Å². The number of hydrogen-bond donors (Lipinski definition) is 3. The van der Waals surface area contributed by atoms with E-state index in [1.165, 1.54) is 0 Å². The fraction of sp³-hybridized carbons (Fsp3) is 0.800. The molecule has 6 heteroatoms. The molecule has 1 saturated carbocycles. The zero-order valence-electron chi connectivity index (χ0n) is 9.44. The van der Waals surface area contributed by atoms with Gasteiger partial charge in [0.25, 0.3) is 0 Å². The van der Waals surface area contributed by atoms with E-state index in [9.17, 15) is 9.59 Å². The van der Waals surface area contributed by atoms with Crippen molar-refractivity contribution in [2.45, 2.75) is 43.0 Å². The van der Waals surface area contributed by atoms with Gasteiger partial charge in [0.05, 0.1) is 12.5 Å². The molecule has 0 heterocycles. The third kappa shape index (κ3) is 3.68. The van der Waals surface area contributed by atoms with Crippen molar-refractivity contribution in [2.75, 3.05) is 6.26 Å². The average Bonchev–Trinajstić information content (AvgIpc) is 2.64. The van der Waals surface area contributed by atoms with Crippen LogP contribution in [0.4, 0.5) is 0 Å². The van der Waals surface area contributed by atoms with Gasteiger partial charge < -0.3 is 16.8 Å². The summed E-state index contributed by atoms with van der Waals surface area (Å²) in [5.41, 5.74) is 10.6. The highest BCUT2D eigenvalue weighted by Crippen LogP contribution is 2.28. The maximum atomic E-state index is 11.6. The molecular formula is C10H19N3O2S. The molecular weight excluding hydrogens is 226 g/mol. The summed E-state index contributed by atoms with van der Waals surface area (Å²) < 4.78 is 0. The van der Waals surface area contributed by atoms with Gasteiger partial charge in [-0.05, 0) is 19.1 Å². The first-order valence-corrected chi connectivity index (χ1v) is 6.70. The number of amides is 2. The van der Waals surface area contributed by atoms with E-state index >= 15 is 0 Å². The SMILES string of the molecule is CSC1CCCC1NC(=O)C(N)CC(N)=O. The number of nitrogens with one attached hydrogen (secondary N) is 1. The van der Waals surface area contributed by atoms with Crippen LogP contribution in [0.5, 0.6) is 0 Å². The Morgan fingerprint density at radius 3 is 2.75 bits per heavy atom. The van der Waals surface area contributed by atoms with Crippen molar-refractivity contribution in [3.8, 4) is 0 Å². The van der Waals surface area contributed by atoms with Crippen LogP contribution in [-0.4, -0.2) is 35.4 Å². The lowest BCUT2D eigenvalue weighted by molar-refractivity contribution is -0.126. The van der Waals surface area contributed by atoms with Gasteiger partial charge in [-0.2, -0.15) is 11.8 Å². The van der Waals surface area contributed by atoms with E-state index in [0.717, 1.165) is 19.3 Å². The van der Waals surface area contributed by atoms with Gasteiger partial charge in [-0.15, -0.1) is 0 Å². The van der Waals surface area contributed by atoms with E-state index in [0.29, 0.717) is 5.25 Å². The Morgan fingerprint density at radius 1 is 1.50 bits per heavy atom. The van der Waals surface area contributed by atoms with Crippen LogP contribution in [0.1, 0.15) is 25.7 Å². The molecule has 1 aliphatic rings. The molecule has 92 valence electrons. The van der Waals surface area contributed by atoms with Crippen molar-refractivity contribution < 1.29 is 9.59 Å². The van der Waals surface area contributed by atoms with Crippen LogP contribution < -0.4 is 16.8 Å². The fourth-order valence-electron chi connectivity index (χ4n) is 1.97. The van der Waals surface area contributed by atoms with E-state index in [4.69, 9.17) is 11.5 Å². The van der Waals surface area contributed by atoms with Crippen molar-refractivity contribution >= 4 is 23.6 Å². The van der Waals surface area contributed by atoms with Crippen LogP contribution in [0.15, 0.2) is 0 Å². The Morgan fingerprint density at radius 2 is 2.19 bits per heavy atom. The summed E-state index contributed by atoms with van der Waals surface area (Å²) in [6.07, 6.45) is 5.18. The third-order valence-corrected chi connectivity index (χ3v) is 4.01. The number of nitrogens with two attached hydrogens (primary N) is 2. The summed E-state index contributed by atoms with van der Waals surface area (Å²) in [6, 6.07) is -0.637. The molecule has 0 aromatic heterocycles. The Kier molecular flexibility index (Phi) is 5.08. The molecule has 16 heavy (non-hydrogen) atoms. The summed E-state index contributed by atoms with van der Waals surface area (Å²) in [4.78, 5) is 22.3. The van der Waals surface area contributed by atoms with Crippen LogP contribution in [0.2, 0.25) is 0 Å². The molecule has 5 nitrogen and oxygen atoms in total. The normalized spacial score (nSPS) is 26.4. The predicted molar refractivity (Wildman–Crippen MR) is 64.9 cm³/mol. The smallest absolute Gasteiger partial charge is 0.237 e. The van der Waals surface area contributed by atoms with Gasteiger partial charge in [-0.25, -0.2) is 0 Å². The summed E-state index contributed by atoms with van der Waals surface area (Å²) in [5.74, 6) is -0.819. The van der Waals surface area contributed by atoms with Gasteiger partial charge in [0.15, 0.2) is 0 Å². The Hall–Kier alpha value is -0.750. The Balaban J connectivity index is 2.41. The number of primary amides is 1. The second kappa shape index (κ2) is 6.10. The van der Waals surface area contributed by atoms with E-state index in [2.05, 4.69) is 5.32 Å². The summed E-state index contributed by atoms with van der Waals surface area (Å²) in [7, 11) is 0. The predicted octanol–water partition coefficient (Wildman–Crippen LogP) is -0.411. The van der Waals surface area contributed by atoms with Crippen molar-refractivity contribution in [1.82, 2.24) is 5.32 Å². The average molecular weight is 245 g/mol. The van der Waals surface area contributed by atoms with E-state index in [1.807, 2.05) is 6.26 Å². The van der Waals surface area contributed by atoms with Gasteiger partial charge in [-0.1, -0.05) is 6.42 Å². The summed E-state index contributed by atoms with van der Waals surface area (Å²) in [5, 5.41) is 3.36. The minimum absolute atomic E-state index is 0.0948. The molecule has 0 saturated heterocycles. The molecule has 3 unspecified atom stereocenters. The number of carbonyl (C=O) groups is 2. The second-order valence-corrected chi connectivity index (χ2v) is 5.17. The molecule has 0 aromatic rings. The van der Waals surface area contributed by atoms with Crippen LogP contribution in [0.25, 0.3) is 0 Å². The molecule has 3 atom stereocenters. The standard InChI is InChI=1S/C10H19N3O2S/c1-16-8-4-2-3-7(8)13-10(15)6(11)5-9(12)14/h6-8H,2-5,11H2,1H3,(H2,12,14)(H,13,15). The van der Waals surface area contributed by atoms with Gasteiger partial charge >= 0.3 is 0 Å². The molecule has 5 N–H and O–H groups in total. The number of rotatable bonds is 5. The maximum Gasteiger partial charge on any atom is 0.237 e. The molecule has 1 fully saturated rings. The van der Waals surface area contributed by atoms with E-state index in [-0.39, 0.29) is 18.4 Å². The first-order valence-electron chi connectivity index (χ1n) is 5.41. The minimum atomic E-state index is -0.819. The van der Waals surface area contributed by atoms with Gasteiger partial charge in [0, 0.05) is 11.3 Å². The molecule has 0 aromatic carbocycles. The second-order valence-electron chi connectivity index (χ2n) is 4.10. The third-order valence-electron chi connectivity index (χ3n) is 2.84. The van der Waals surface area contributed by atoms with Crippen molar-refractivity contribution in [3.63, 3.8) is 0 Å². The highest BCUT2D eigenvalue weighted by molar-refractivity contribution is 7.99. The zero-order chi connectivity index (χ0) is 12.1. The minimum Gasteiger partial charge on any atom is -0.370 e. The molecule has 0 radical (unpaired) electrons. The molecule has 0 bridgehead atoms. The molecule has 0 spiro atoms. The van der Waals surface area contributed by atoms with E-state index in [1.54, 1.807) is 11.8 Å². The van der Waals surface area contributed by atoms with Crippen LogP contribution in [0, 0.1) is 0 Å². The van der Waals surface area contributed by atoms with Crippen LogP contribution in [0.3, 0.4) is 0 Å². The first kappa shape index (κ1) is 13.3. The van der Waals surface area contributed by atoms with E-state index < -0.39 is 11.9 Å². The number of carbonyl (C=O) groups excluding carboxylic acids is 2. The zero-order valence-corrected chi connectivity index (χ0v) is 10.3. The largest absolute Gasteiger partial charge is 0.370 e. The highest BCUT2D eigenvalue weighted by atomic mass is 32.2. The quantitative estimate of drug-likeness (QED) is 0.613. The lowest BCUT2D eigenvalue weighted by Crippen LogP contribution is -2.48. The maximum absolute atomic E-state index is 11.6. The summed E-state index contributed by atoms with van der Waals surface area (Å²) in [6.45, 7) is 0. The van der Waals surface area contributed by atoms with Gasteiger partial charge in [-0.3, -0.25) is 9.59 Å². The highest BCUT2D eigenvalue weighted by Gasteiger charge is 2.29. The lowest BCUT2D eigenvalue weighted by Gasteiger charge is -2.21. The Bertz CT molecular complexity index is 273. The topological polar surface area (TPSA) is 98.2 Å². The Labute approximate surface area is 99.7 Å². The molecule has 2 amide bonds. The van der Waals surface area contributed by atoms with Crippen LogP contribution in [-0.2, 0) is 9.59 Å². The lowest BCUT2D eigenvalue weighted by atomic mass is 10.1. The van der Waals surface area contributed by atoms with Crippen LogP contribution >= 0.6 is 11.8 Å². The summed E-state index contributed by atoms with van der Waals surface area (Å²) >= 11 is 1.76. The van der Waals surface area contributed by atoms with Crippen molar-refractivity contribution in [2.24, 2.45) is 11.5 Å². The van der Waals surface area contributed by atoms with Crippen molar-refractivity contribution in [3.05, 3.63) is 0 Å². The molecule has 1 aliphatic carbocycles. The fourth-order valence-corrected chi connectivity index (χ4v) is 2.91. The first-order chi connectivity index (χ1) is 7.54. The van der Waals surface area contributed by atoms with Gasteiger partial charge in [0.2, 0.25) is 11.8 Å². The van der Waals surface area contributed by atoms with Crippen molar-refractivity contribution in [1.29, 1.82) is 0 Å². The number of hydrogen-bond acceptors (Lipinski definition) is 4. The number of thioether (sulfide) groups is 1. The molecule has 0 aliphatic heterocycles. The molecule has 1 rings (SSSR count). The monoisotopic (exact) mass is 245 g/mol.